The van der Waals surface area contributed by atoms with Crippen molar-refractivity contribution in [3.05, 3.63) is 42.3 Å². The summed E-state index contributed by atoms with van der Waals surface area (Å²) < 4.78 is 24.2. The number of piperazine rings is 1. The quantitative estimate of drug-likeness (QED) is 0.819. The molecule has 0 aliphatic carbocycles. The highest BCUT2D eigenvalue weighted by Crippen LogP contribution is 2.22. The van der Waals surface area contributed by atoms with Crippen molar-refractivity contribution in [1.29, 1.82) is 0 Å². The number of rotatable bonds is 5. The average Bonchev–Trinajstić information content (AvgIpc) is 3.18. The van der Waals surface area contributed by atoms with Crippen LogP contribution in [0.25, 0.3) is 0 Å². The fourth-order valence-corrected chi connectivity index (χ4v) is 3.39. The zero-order valence-corrected chi connectivity index (χ0v) is 14.7. The van der Waals surface area contributed by atoms with Crippen molar-refractivity contribution in [3.8, 4) is 11.6 Å². The third-order valence-corrected chi connectivity index (χ3v) is 4.85. The molecular weight excluding hydrogens is 335 g/mol. The number of aromatic nitrogens is 2. The maximum absolute atomic E-state index is 13.0. The van der Waals surface area contributed by atoms with Gasteiger partial charge in [0, 0.05) is 51.6 Å². The molecule has 26 heavy (non-hydrogen) atoms. The van der Waals surface area contributed by atoms with E-state index in [0.29, 0.717) is 23.5 Å². The zero-order chi connectivity index (χ0) is 17.8. The Hall–Kier alpha value is -2.25. The van der Waals surface area contributed by atoms with E-state index >= 15 is 0 Å². The van der Waals surface area contributed by atoms with Crippen molar-refractivity contribution in [1.82, 2.24) is 14.9 Å². The summed E-state index contributed by atoms with van der Waals surface area (Å²) in [5.74, 6) is 2.08. The lowest BCUT2D eigenvalue weighted by Crippen LogP contribution is -2.48. The minimum atomic E-state index is -0.289. The largest absolute Gasteiger partial charge is 0.439 e. The topological polar surface area (TPSA) is 50.7 Å². The third kappa shape index (κ3) is 4.28. The molecule has 138 valence electrons. The Morgan fingerprint density at radius 2 is 1.92 bits per heavy atom. The highest BCUT2D eigenvalue weighted by molar-refractivity contribution is 5.34. The van der Waals surface area contributed by atoms with Gasteiger partial charge in [0.2, 0.25) is 11.8 Å². The normalized spacial score (nSPS) is 21.1. The maximum Gasteiger partial charge on any atom is 0.228 e. The van der Waals surface area contributed by atoms with Gasteiger partial charge < -0.3 is 14.4 Å². The van der Waals surface area contributed by atoms with Crippen LogP contribution in [0, 0.1) is 11.7 Å². The molecule has 0 amide bonds. The van der Waals surface area contributed by atoms with Crippen LogP contribution >= 0.6 is 0 Å². The van der Waals surface area contributed by atoms with E-state index in [1.807, 2.05) is 0 Å². The zero-order valence-electron chi connectivity index (χ0n) is 14.7. The molecule has 1 atom stereocenters. The van der Waals surface area contributed by atoms with E-state index in [1.165, 1.54) is 18.6 Å². The lowest BCUT2D eigenvalue weighted by molar-refractivity contribution is 0.164. The molecule has 1 unspecified atom stereocenters. The number of hydrogen-bond acceptors (Lipinski definition) is 6. The summed E-state index contributed by atoms with van der Waals surface area (Å²) in [6.45, 7) is 6.71. The molecule has 2 aliphatic heterocycles. The Kier molecular flexibility index (Phi) is 5.26. The van der Waals surface area contributed by atoms with Gasteiger partial charge in [0.1, 0.15) is 11.6 Å². The number of hydrogen-bond donors (Lipinski definition) is 0. The van der Waals surface area contributed by atoms with Gasteiger partial charge in [0.05, 0.1) is 6.61 Å². The minimum Gasteiger partial charge on any atom is -0.439 e. The van der Waals surface area contributed by atoms with Crippen molar-refractivity contribution in [2.24, 2.45) is 5.92 Å². The van der Waals surface area contributed by atoms with Crippen LogP contribution in [0.4, 0.5) is 10.3 Å². The van der Waals surface area contributed by atoms with E-state index in [-0.39, 0.29) is 5.82 Å². The van der Waals surface area contributed by atoms with Crippen LogP contribution in [0.2, 0.25) is 0 Å². The predicted molar refractivity (Wildman–Crippen MR) is 96.1 cm³/mol. The smallest absolute Gasteiger partial charge is 0.228 e. The number of ether oxygens (including phenoxy) is 2. The summed E-state index contributed by atoms with van der Waals surface area (Å²) in [4.78, 5) is 13.6. The van der Waals surface area contributed by atoms with Crippen LogP contribution in [0.15, 0.2) is 36.5 Å². The monoisotopic (exact) mass is 358 g/mol. The molecule has 7 heteroatoms. The van der Waals surface area contributed by atoms with Crippen LogP contribution in [-0.4, -0.2) is 60.8 Å². The Morgan fingerprint density at radius 3 is 2.65 bits per heavy atom. The van der Waals surface area contributed by atoms with Gasteiger partial charge in [-0.15, -0.1) is 0 Å². The summed E-state index contributed by atoms with van der Waals surface area (Å²) in [7, 11) is 0. The molecule has 0 bridgehead atoms. The predicted octanol–water partition coefficient (Wildman–Crippen LogP) is 2.57. The second kappa shape index (κ2) is 7.97. The van der Waals surface area contributed by atoms with Crippen molar-refractivity contribution < 1.29 is 13.9 Å². The first kappa shape index (κ1) is 17.2. The summed E-state index contributed by atoms with van der Waals surface area (Å²) >= 11 is 0. The molecule has 1 aromatic carbocycles. The van der Waals surface area contributed by atoms with E-state index < -0.39 is 0 Å². The van der Waals surface area contributed by atoms with E-state index in [4.69, 9.17) is 9.47 Å². The average molecular weight is 358 g/mol. The molecule has 0 N–H and O–H groups in total. The third-order valence-electron chi connectivity index (χ3n) is 4.85. The van der Waals surface area contributed by atoms with Gasteiger partial charge >= 0.3 is 0 Å². The van der Waals surface area contributed by atoms with E-state index in [2.05, 4.69) is 19.8 Å². The highest BCUT2D eigenvalue weighted by atomic mass is 19.1. The van der Waals surface area contributed by atoms with E-state index in [1.54, 1.807) is 24.4 Å². The van der Waals surface area contributed by atoms with Gasteiger partial charge in [-0.1, -0.05) is 0 Å². The summed E-state index contributed by atoms with van der Waals surface area (Å²) in [5, 5.41) is 0. The fourth-order valence-electron chi connectivity index (χ4n) is 3.39. The van der Waals surface area contributed by atoms with E-state index in [0.717, 1.165) is 45.9 Å². The fraction of sp³-hybridized carbons (Fsp3) is 0.474. The SMILES string of the molecule is Fc1ccc(Oc2ccnc(N3CCN(CC4CCOC4)CC3)n2)cc1. The molecular formula is C19H23FN4O2. The molecule has 2 aliphatic rings. The molecule has 4 rings (SSSR count). The Balaban J connectivity index is 1.34. The van der Waals surface area contributed by atoms with Gasteiger partial charge in [-0.25, -0.2) is 9.37 Å². The summed E-state index contributed by atoms with van der Waals surface area (Å²) in [5.41, 5.74) is 0. The summed E-state index contributed by atoms with van der Waals surface area (Å²) in [6.07, 6.45) is 2.87. The Morgan fingerprint density at radius 1 is 1.12 bits per heavy atom. The second-order valence-electron chi connectivity index (χ2n) is 6.77. The minimum absolute atomic E-state index is 0.289. The summed E-state index contributed by atoms with van der Waals surface area (Å²) in [6, 6.07) is 7.62. The first-order valence-corrected chi connectivity index (χ1v) is 9.08. The lowest BCUT2D eigenvalue weighted by atomic mass is 10.1. The number of nitrogens with zero attached hydrogens (tertiary/aromatic N) is 4. The van der Waals surface area contributed by atoms with Gasteiger partial charge in [0.15, 0.2) is 0 Å². The van der Waals surface area contributed by atoms with Crippen LogP contribution in [0.3, 0.4) is 0 Å². The molecule has 2 aromatic rings. The first-order valence-electron chi connectivity index (χ1n) is 9.08. The van der Waals surface area contributed by atoms with Crippen LogP contribution in [0.1, 0.15) is 6.42 Å². The molecule has 6 nitrogen and oxygen atoms in total. The molecule has 0 radical (unpaired) electrons. The van der Waals surface area contributed by atoms with Gasteiger partial charge in [-0.2, -0.15) is 4.98 Å². The van der Waals surface area contributed by atoms with Crippen LogP contribution < -0.4 is 9.64 Å². The molecule has 0 saturated carbocycles. The van der Waals surface area contributed by atoms with Crippen molar-refractivity contribution in [2.75, 3.05) is 50.8 Å². The molecule has 3 heterocycles. The standard InChI is InChI=1S/C19H23FN4O2/c20-16-1-3-17(4-2-16)26-18-5-7-21-19(22-18)24-10-8-23(9-11-24)13-15-6-12-25-14-15/h1-5,7,15H,6,8-14H2. The molecule has 0 spiro atoms. The second-order valence-corrected chi connectivity index (χ2v) is 6.77. The van der Waals surface area contributed by atoms with Crippen molar-refractivity contribution >= 4 is 5.95 Å². The maximum atomic E-state index is 13.0. The Bertz CT molecular complexity index is 714. The van der Waals surface area contributed by atoms with Gasteiger partial charge in [-0.3, -0.25) is 4.90 Å². The number of halogens is 1. The molecule has 2 saturated heterocycles. The molecule has 2 fully saturated rings. The van der Waals surface area contributed by atoms with Crippen LogP contribution in [0.5, 0.6) is 11.6 Å². The van der Waals surface area contributed by atoms with Gasteiger partial charge in [0.25, 0.3) is 0 Å². The van der Waals surface area contributed by atoms with Crippen molar-refractivity contribution in [2.45, 2.75) is 6.42 Å². The van der Waals surface area contributed by atoms with E-state index in [9.17, 15) is 4.39 Å². The van der Waals surface area contributed by atoms with Gasteiger partial charge in [-0.05, 0) is 36.6 Å². The number of benzene rings is 1. The molecule has 1 aromatic heterocycles. The lowest BCUT2D eigenvalue weighted by Gasteiger charge is -2.35. The van der Waals surface area contributed by atoms with Crippen LogP contribution in [-0.2, 0) is 4.74 Å². The first-order chi connectivity index (χ1) is 12.8. The Labute approximate surface area is 152 Å². The van der Waals surface area contributed by atoms with Crippen molar-refractivity contribution in [3.63, 3.8) is 0 Å². The number of anilines is 1. The highest BCUT2D eigenvalue weighted by Gasteiger charge is 2.23.